The number of aromatic nitrogens is 5. The Morgan fingerprint density at radius 3 is 2.40 bits per heavy atom. The Balaban J connectivity index is 1.07. The number of amides is 3. The zero-order valence-electron chi connectivity index (χ0n) is 32.6. The highest BCUT2D eigenvalue weighted by atomic mass is 32.2. The van der Waals surface area contributed by atoms with Crippen molar-refractivity contribution in [2.75, 3.05) is 37.6 Å². The van der Waals surface area contributed by atoms with Crippen molar-refractivity contribution in [3.63, 3.8) is 0 Å². The number of ether oxygens (including phenoxy) is 2. The summed E-state index contributed by atoms with van der Waals surface area (Å²) in [6, 6.07) is 4.32. The molecule has 3 heterocycles. The molecule has 1 aliphatic carbocycles. The third-order valence-electron chi connectivity index (χ3n) is 9.84. The van der Waals surface area contributed by atoms with E-state index in [0.717, 1.165) is 11.8 Å². The van der Waals surface area contributed by atoms with Crippen LogP contribution in [0.1, 0.15) is 54.6 Å². The summed E-state index contributed by atoms with van der Waals surface area (Å²) >= 11 is 0.860. The number of carbonyl (C=O) groups excluding carboxylic acids is 3. The molecule has 23 heteroatoms. The van der Waals surface area contributed by atoms with Crippen molar-refractivity contribution in [1.82, 2.24) is 40.5 Å². The number of benzene rings is 1. The van der Waals surface area contributed by atoms with Crippen molar-refractivity contribution in [3.8, 4) is 11.8 Å². The van der Waals surface area contributed by atoms with Crippen molar-refractivity contribution in [1.29, 1.82) is 0 Å². The first-order chi connectivity index (χ1) is 28.6. The minimum Gasteiger partial charge on any atom is -0.494 e. The molecule has 0 radical (unpaired) electrons. The van der Waals surface area contributed by atoms with E-state index in [-0.39, 0.29) is 83.0 Å². The lowest BCUT2D eigenvalue weighted by atomic mass is 9.84. The van der Waals surface area contributed by atoms with Gasteiger partial charge in [0.15, 0.2) is 22.8 Å². The lowest BCUT2D eigenvalue weighted by molar-refractivity contribution is -0.243. The molecule has 1 fully saturated rings. The zero-order chi connectivity index (χ0) is 43.6. The molecule has 322 valence electrons. The van der Waals surface area contributed by atoms with E-state index >= 15 is 0 Å². The van der Waals surface area contributed by atoms with Crippen LogP contribution in [0.15, 0.2) is 46.2 Å². The summed E-state index contributed by atoms with van der Waals surface area (Å²) in [5, 5.41) is 51.2. The van der Waals surface area contributed by atoms with Gasteiger partial charge in [0.25, 0.3) is 11.5 Å². The van der Waals surface area contributed by atoms with E-state index in [1.54, 1.807) is 19.2 Å². The van der Waals surface area contributed by atoms with Crippen molar-refractivity contribution >= 4 is 64.2 Å². The highest BCUT2D eigenvalue weighted by Crippen LogP contribution is 2.38. The standard InChI is InChI=1S/C37H46N10O12S/c1-39-30(50)20-9-11-37(58-2,12-10-20)59-14-13-47-27(49)15-25(33(47)53)60-18-24(35(56)57)43-26(48)8-7-23(34(54)55)44-31(51)19-3-5-21(6-4-19)40-16-22-17-41-29-28(42-22)32(52)46-36(38)45-29/h3-6,15,17,20,23-24,40,49,53H,7-14,16,18H2,1-2H3,(H,39,50)(H,43,48)(H,44,51)(H,54,55)(H,56,57)(H3,38,41,45,46,52)/t20?,23-,24+,37?/m1/s1. The number of carbonyl (C=O) groups is 5. The van der Waals surface area contributed by atoms with E-state index in [4.69, 9.17) is 15.2 Å². The maximum Gasteiger partial charge on any atom is 0.327 e. The summed E-state index contributed by atoms with van der Waals surface area (Å²) in [6.07, 6.45) is 2.70. The number of anilines is 2. The Hall–Kier alpha value is -6.46. The zero-order valence-corrected chi connectivity index (χ0v) is 33.4. The average molecular weight is 855 g/mol. The number of nitrogens with one attached hydrogen (secondary N) is 5. The summed E-state index contributed by atoms with van der Waals surface area (Å²) in [5.41, 5.74) is 6.22. The number of carboxylic acids is 2. The summed E-state index contributed by atoms with van der Waals surface area (Å²) in [7, 11) is 3.09. The van der Waals surface area contributed by atoms with Crippen molar-refractivity contribution in [2.45, 2.75) is 74.4 Å². The molecule has 0 spiro atoms. The number of H-pyrrole nitrogens is 1. The van der Waals surface area contributed by atoms with Crippen LogP contribution >= 0.6 is 11.8 Å². The van der Waals surface area contributed by atoms with E-state index in [2.05, 4.69) is 41.2 Å². The van der Waals surface area contributed by atoms with Crippen molar-refractivity contribution in [2.24, 2.45) is 5.92 Å². The van der Waals surface area contributed by atoms with Gasteiger partial charge in [-0.05, 0) is 43.5 Å². The molecule has 0 bridgehead atoms. The van der Waals surface area contributed by atoms with E-state index in [1.165, 1.54) is 36.1 Å². The van der Waals surface area contributed by atoms with Gasteiger partial charge in [-0.2, -0.15) is 4.98 Å². The number of hydrogen-bond donors (Lipinski definition) is 10. The summed E-state index contributed by atoms with van der Waals surface area (Å²) in [4.78, 5) is 88.6. The minimum absolute atomic E-state index is 0.0162. The van der Waals surface area contributed by atoms with Crippen LogP contribution in [-0.4, -0.2) is 119 Å². The highest BCUT2D eigenvalue weighted by Gasteiger charge is 2.38. The first kappa shape index (κ1) is 44.6. The molecule has 0 saturated heterocycles. The molecule has 60 heavy (non-hydrogen) atoms. The van der Waals surface area contributed by atoms with Crippen LogP contribution in [-0.2, 0) is 41.7 Å². The number of aromatic hydroxyl groups is 2. The second-order valence-electron chi connectivity index (χ2n) is 13.8. The molecule has 0 aliphatic heterocycles. The van der Waals surface area contributed by atoms with Crippen molar-refractivity contribution in [3.05, 3.63) is 58.1 Å². The lowest BCUT2D eigenvalue weighted by Gasteiger charge is -2.38. The van der Waals surface area contributed by atoms with Crippen LogP contribution in [0.4, 0.5) is 11.6 Å². The number of thioether (sulfide) groups is 1. The number of hydrogen-bond acceptors (Lipinski definition) is 16. The quantitative estimate of drug-likeness (QED) is 0.0433. The van der Waals surface area contributed by atoms with Gasteiger partial charge in [0.1, 0.15) is 12.1 Å². The molecular formula is C37H46N10O12S. The predicted molar refractivity (Wildman–Crippen MR) is 214 cm³/mol. The maximum absolute atomic E-state index is 12.9. The second kappa shape index (κ2) is 20.0. The van der Waals surface area contributed by atoms with Crippen LogP contribution < -0.4 is 32.6 Å². The monoisotopic (exact) mass is 854 g/mol. The first-order valence-electron chi connectivity index (χ1n) is 18.7. The van der Waals surface area contributed by atoms with Gasteiger partial charge in [0.05, 0.1) is 36.5 Å². The van der Waals surface area contributed by atoms with Gasteiger partial charge < -0.3 is 56.9 Å². The molecule has 0 unspecified atom stereocenters. The SMILES string of the molecule is CNC(=O)C1CCC(OC)(OCCn2c(O)cc(SC[C@H](NC(=O)CC[C@@H](NC(=O)c3ccc(NCc4cnc5nc(N)[nH]c(=O)c5n4)cc3)C(=O)O)C(=O)O)c2O)CC1. The van der Waals surface area contributed by atoms with Gasteiger partial charge in [0, 0.05) is 62.4 Å². The number of aromatic amines is 1. The fourth-order valence-corrected chi connectivity index (χ4v) is 7.46. The maximum atomic E-state index is 12.9. The summed E-state index contributed by atoms with van der Waals surface area (Å²) < 4.78 is 12.8. The van der Waals surface area contributed by atoms with Crippen LogP contribution in [0.25, 0.3) is 11.2 Å². The fraction of sp³-hybridized carbons (Fsp3) is 0.432. The molecule has 1 aliphatic rings. The van der Waals surface area contributed by atoms with Gasteiger partial charge in [-0.25, -0.2) is 19.6 Å². The number of methoxy groups -OCH3 is 1. The number of nitrogens with two attached hydrogens (primary N) is 1. The molecule has 4 aromatic rings. The van der Waals surface area contributed by atoms with E-state index in [9.17, 15) is 49.2 Å². The number of fused-ring (bicyclic) bond motifs is 1. The predicted octanol–water partition coefficient (Wildman–Crippen LogP) is 0.741. The Bertz CT molecular complexity index is 2260. The topological polar surface area (TPSA) is 335 Å². The van der Waals surface area contributed by atoms with Crippen LogP contribution in [0.3, 0.4) is 0 Å². The summed E-state index contributed by atoms with van der Waals surface area (Å²) in [5.74, 6) is -6.45. The second-order valence-corrected chi connectivity index (χ2v) is 14.8. The number of rotatable bonds is 20. The first-order valence-corrected chi connectivity index (χ1v) is 19.7. The molecule has 3 aromatic heterocycles. The van der Waals surface area contributed by atoms with Gasteiger partial charge in [-0.3, -0.25) is 28.7 Å². The third-order valence-corrected chi connectivity index (χ3v) is 10.9. The fourth-order valence-electron chi connectivity index (χ4n) is 6.46. The highest BCUT2D eigenvalue weighted by molar-refractivity contribution is 7.99. The largest absolute Gasteiger partial charge is 0.494 e. The molecule has 22 nitrogen and oxygen atoms in total. The van der Waals surface area contributed by atoms with Crippen LogP contribution in [0.2, 0.25) is 0 Å². The molecular weight excluding hydrogens is 809 g/mol. The van der Waals surface area contributed by atoms with Gasteiger partial charge in [-0.15, -0.1) is 11.8 Å². The van der Waals surface area contributed by atoms with Gasteiger partial charge in [-0.1, -0.05) is 0 Å². The Labute approximate surface area is 345 Å². The minimum atomic E-state index is -1.49. The van der Waals surface area contributed by atoms with Crippen LogP contribution in [0.5, 0.6) is 11.8 Å². The number of nitrogen functional groups attached to an aromatic ring is 1. The van der Waals surface area contributed by atoms with E-state index in [0.29, 0.717) is 37.1 Å². The lowest BCUT2D eigenvalue weighted by Crippen LogP contribution is -2.44. The van der Waals surface area contributed by atoms with Gasteiger partial charge in [0.2, 0.25) is 23.6 Å². The Morgan fingerprint density at radius 2 is 1.75 bits per heavy atom. The third kappa shape index (κ3) is 11.4. The normalized spacial score (nSPS) is 17.3. The molecule has 11 N–H and O–H groups in total. The Kier molecular flexibility index (Phi) is 14.9. The van der Waals surface area contributed by atoms with Crippen molar-refractivity contribution < 1.29 is 53.9 Å². The molecule has 3 amide bonds. The molecule has 1 saturated carbocycles. The Morgan fingerprint density at radius 1 is 1.05 bits per heavy atom. The smallest absolute Gasteiger partial charge is 0.327 e. The van der Waals surface area contributed by atoms with E-state index < -0.39 is 53.6 Å². The van der Waals surface area contributed by atoms with Gasteiger partial charge >= 0.3 is 11.9 Å². The molecule has 5 rings (SSSR count). The number of nitrogens with zero attached hydrogens (tertiary/aromatic N) is 4. The average Bonchev–Trinajstić information content (AvgIpc) is 3.50. The van der Waals surface area contributed by atoms with E-state index in [1.807, 2.05) is 0 Å². The number of aliphatic carboxylic acids is 2. The molecule has 1 aromatic carbocycles. The molecule has 2 atom stereocenters. The number of carboxylic acid groups (broad SMARTS) is 2. The van der Waals surface area contributed by atoms with Crippen LogP contribution in [0, 0.1) is 5.92 Å². The summed E-state index contributed by atoms with van der Waals surface area (Å²) in [6.45, 7) is 0.229.